The molecule has 1 aromatic heterocycles. The van der Waals surface area contributed by atoms with E-state index in [1.165, 1.54) is 36.1 Å². The zero-order valence-electron chi connectivity index (χ0n) is 11.0. The van der Waals surface area contributed by atoms with Crippen LogP contribution in [0.4, 0.5) is 0 Å². The van der Waals surface area contributed by atoms with E-state index in [1.807, 2.05) is 6.07 Å². The van der Waals surface area contributed by atoms with Gasteiger partial charge in [-0.15, -0.1) is 11.3 Å². The van der Waals surface area contributed by atoms with Crippen LogP contribution in [0.2, 0.25) is 0 Å². The second kappa shape index (κ2) is 5.74. The molecule has 1 aliphatic rings. The number of nitrogens with one attached hydrogen (secondary N) is 1. The standard InChI is InChI=1S/C14H20BrNOS/c1-10-7-12(18-11(10)2)13(17)16-9-14(8-15)5-3-4-6-14/h7H,3-6,8-9H2,1-2H3,(H,16,17). The van der Waals surface area contributed by atoms with E-state index in [0.29, 0.717) is 0 Å². The summed E-state index contributed by atoms with van der Waals surface area (Å²) in [5.41, 5.74) is 1.50. The first-order chi connectivity index (χ1) is 8.56. The Kier molecular flexibility index (Phi) is 4.49. The summed E-state index contributed by atoms with van der Waals surface area (Å²) in [7, 11) is 0. The molecule has 0 spiro atoms. The second-order valence-corrected chi connectivity index (χ2v) is 7.19. The Balaban J connectivity index is 1.95. The molecule has 0 saturated heterocycles. The highest BCUT2D eigenvalue weighted by Gasteiger charge is 2.33. The van der Waals surface area contributed by atoms with Gasteiger partial charge in [0, 0.05) is 16.8 Å². The van der Waals surface area contributed by atoms with Crippen LogP contribution >= 0.6 is 27.3 Å². The third-order valence-electron chi connectivity index (χ3n) is 3.96. The van der Waals surface area contributed by atoms with Crippen LogP contribution in [0.25, 0.3) is 0 Å². The molecule has 1 saturated carbocycles. The number of thiophene rings is 1. The molecule has 0 bridgehead atoms. The van der Waals surface area contributed by atoms with Crippen molar-refractivity contribution in [2.45, 2.75) is 39.5 Å². The van der Waals surface area contributed by atoms with Gasteiger partial charge in [-0.3, -0.25) is 4.79 Å². The SMILES string of the molecule is Cc1cc(C(=O)NCC2(CBr)CCCC2)sc1C. The molecule has 1 amide bonds. The largest absolute Gasteiger partial charge is 0.351 e. The summed E-state index contributed by atoms with van der Waals surface area (Å²) >= 11 is 5.19. The van der Waals surface area contributed by atoms with Crippen LogP contribution in [0.3, 0.4) is 0 Å². The van der Waals surface area contributed by atoms with E-state index in [2.05, 4.69) is 35.1 Å². The number of carbonyl (C=O) groups is 1. The zero-order valence-corrected chi connectivity index (χ0v) is 13.4. The van der Waals surface area contributed by atoms with Gasteiger partial charge in [0.05, 0.1) is 4.88 Å². The van der Waals surface area contributed by atoms with Crippen molar-refractivity contribution in [3.63, 3.8) is 0 Å². The highest BCUT2D eigenvalue weighted by Crippen LogP contribution is 2.39. The van der Waals surface area contributed by atoms with Crippen LogP contribution in [0.5, 0.6) is 0 Å². The molecule has 1 N–H and O–H groups in total. The van der Waals surface area contributed by atoms with Gasteiger partial charge in [-0.1, -0.05) is 28.8 Å². The molecule has 1 fully saturated rings. The van der Waals surface area contributed by atoms with Crippen LogP contribution in [0, 0.1) is 19.3 Å². The predicted molar refractivity (Wildman–Crippen MR) is 80.8 cm³/mol. The maximum Gasteiger partial charge on any atom is 0.261 e. The Morgan fingerprint density at radius 2 is 2.11 bits per heavy atom. The van der Waals surface area contributed by atoms with Gasteiger partial charge < -0.3 is 5.32 Å². The first-order valence-corrected chi connectivity index (χ1v) is 8.41. The van der Waals surface area contributed by atoms with Crippen molar-refractivity contribution >= 4 is 33.2 Å². The highest BCUT2D eigenvalue weighted by atomic mass is 79.9. The number of halogens is 1. The molecule has 0 aromatic carbocycles. The molecular weight excluding hydrogens is 310 g/mol. The average Bonchev–Trinajstić information content (AvgIpc) is 2.95. The number of aryl methyl sites for hydroxylation is 2. The van der Waals surface area contributed by atoms with E-state index in [-0.39, 0.29) is 11.3 Å². The van der Waals surface area contributed by atoms with E-state index in [1.54, 1.807) is 11.3 Å². The van der Waals surface area contributed by atoms with E-state index in [9.17, 15) is 4.79 Å². The lowest BCUT2D eigenvalue weighted by Crippen LogP contribution is -2.36. The smallest absolute Gasteiger partial charge is 0.261 e. The van der Waals surface area contributed by atoms with Crippen molar-refractivity contribution in [3.05, 3.63) is 21.4 Å². The maximum absolute atomic E-state index is 12.1. The zero-order chi connectivity index (χ0) is 13.2. The molecule has 0 aliphatic heterocycles. The maximum atomic E-state index is 12.1. The summed E-state index contributed by atoms with van der Waals surface area (Å²) < 4.78 is 0. The van der Waals surface area contributed by atoms with Crippen LogP contribution in [-0.4, -0.2) is 17.8 Å². The first-order valence-electron chi connectivity index (χ1n) is 6.47. The first kappa shape index (κ1) is 14.1. The van der Waals surface area contributed by atoms with Crippen LogP contribution in [0.15, 0.2) is 6.07 Å². The Morgan fingerprint density at radius 3 is 2.61 bits per heavy atom. The van der Waals surface area contributed by atoms with E-state index < -0.39 is 0 Å². The number of hydrogen-bond acceptors (Lipinski definition) is 2. The highest BCUT2D eigenvalue weighted by molar-refractivity contribution is 9.09. The van der Waals surface area contributed by atoms with Crippen molar-refractivity contribution in [1.82, 2.24) is 5.32 Å². The summed E-state index contributed by atoms with van der Waals surface area (Å²) in [6.45, 7) is 4.92. The molecule has 4 heteroatoms. The number of hydrogen-bond donors (Lipinski definition) is 1. The van der Waals surface area contributed by atoms with Gasteiger partial charge >= 0.3 is 0 Å². The predicted octanol–water partition coefficient (Wildman–Crippen LogP) is 4.05. The lowest BCUT2D eigenvalue weighted by atomic mass is 9.89. The van der Waals surface area contributed by atoms with Crippen LogP contribution < -0.4 is 5.32 Å². The van der Waals surface area contributed by atoms with Crippen molar-refractivity contribution in [2.24, 2.45) is 5.41 Å². The molecule has 0 radical (unpaired) electrons. The fourth-order valence-electron chi connectivity index (χ4n) is 2.52. The van der Waals surface area contributed by atoms with Gasteiger partial charge in [0.2, 0.25) is 0 Å². The molecular formula is C14H20BrNOS. The fraction of sp³-hybridized carbons (Fsp3) is 0.643. The summed E-state index contributed by atoms with van der Waals surface area (Å²) in [5, 5.41) is 4.10. The van der Waals surface area contributed by atoms with Gasteiger partial charge in [0.25, 0.3) is 5.91 Å². The number of alkyl halides is 1. The minimum atomic E-state index is 0.0865. The lowest BCUT2D eigenvalue weighted by molar-refractivity contribution is 0.0939. The molecule has 18 heavy (non-hydrogen) atoms. The van der Waals surface area contributed by atoms with E-state index >= 15 is 0 Å². The molecule has 0 atom stereocenters. The quantitative estimate of drug-likeness (QED) is 0.829. The molecule has 0 unspecified atom stereocenters. The van der Waals surface area contributed by atoms with Crippen molar-refractivity contribution < 1.29 is 4.79 Å². The Hall–Kier alpha value is -0.350. The molecule has 1 heterocycles. The monoisotopic (exact) mass is 329 g/mol. The molecule has 2 rings (SSSR count). The Bertz CT molecular complexity index is 416. The van der Waals surface area contributed by atoms with Gasteiger partial charge in [-0.25, -0.2) is 0 Å². The number of rotatable bonds is 4. The van der Waals surface area contributed by atoms with Gasteiger partial charge in [0.15, 0.2) is 0 Å². The number of amides is 1. The summed E-state index contributed by atoms with van der Waals surface area (Å²) in [6.07, 6.45) is 5.03. The van der Waals surface area contributed by atoms with Crippen LogP contribution in [0.1, 0.15) is 45.8 Å². The summed E-state index contributed by atoms with van der Waals surface area (Å²) in [4.78, 5) is 14.2. The Labute approximate surface area is 121 Å². The fourth-order valence-corrected chi connectivity index (χ4v) is 4.23. The molecule has 1 aliphatic carbocycles. The van der Waals surface area contributed by atoms with Gasteiger partial charge in [0.1, 0.15) is 0 Å². The molecule has 1 aromatic rings. The summed E-state index contributed by atoms with van der Waals surface area (Å²) in [6, 6.07) is 1.99. The van der Waals surface area contributed by atoms with E-state index in [0.717, 1.165) is 16.8 Å². The molecule has 2 nitrogen and oxygen atoms in total. The molecule has 100 valence electrons. The summed E-state index contributed by atoms with van der Waals surface area (Å²) in [5.74, 6) is 0.0865. The minimum absolute atomic E-state index is 0.0865. The third-order valence-corrected chi connectivity index (χ3v) is 6.30. The second-order valence-electron chi connectivity index (χ2n) is 5.37. The normalized spacial score (nSPS) is 17.9. The average molecular weight is 330 g/mol. The van der Waals surface area contributed by atoms with Crippen molar-refractivity contribution in [2.75, 3.05) is 11.9 Å². The number of carbonyl (C=O) groups excluding carboxylic acids is 1. The van der Waals surface area contributed by atoms with Crippen molar-refractivity contribution in [1.29, 1.82) is 0 Å². The topological polar surface area (TPSA) is 29.1 Å². The van der Waals surface area contributed by atoms with Gasteiger partial charge in [-0.2, -0.15) is 0 Å². The van der Waals surface area contributed by atoms with Crippen molar-refractivity contribution in [3.8, 4) is 0 Å². The minimum Gasteiger partial charge on any atom is -0.351 e. The third kappa shape index (κ3) is 2.97. The van der Waals surface area contributed by atoms with Crippen LogP contribution in [-0.2, 0) is 0 Å². The Morgan fingerprint density at radius 1 is 1.44 bits per heavy atom. The van der Waals surface area contributed by atoms with Gasteiger partial charge in [-0.05, 0) is 43.7 Å². The van der Waals surface area contributed by atoms with E-state index in [4.69, 9.17) is 0 Å². The lowest BCUT2D eigenvalue weighted by Gasteiger charge is -2.26.